The summed E-state index contributed by atoms with van der Waals surface area (Å²) in [5.74, 6) is 1.18. The van der Waals surface area contributed by atoms with Gasteiger partial charge in [0.15, 0.2) is 0 Å². The van der Waals surface area contributed by atoms with Crippen LogP contribution in [-0.2, 0) is 0 Å². The Balaban J connectivity index is 2.43. The molecule has 0 aliphatic heterocycles. The Bertz CT molecular complexity index is 188. The van der Waals surface area contributed by atoms with Gasteiger partial charge in [-0.05, 0) is 31.1 Å². The number of hydrogen-bond donors (Lipinski definition) is 1. The van der Waals surface area contributed by atoms with E-state index < -0.39 is 0 Å². The van der Waals surface area contributed by atoms with E-state index in [4.69, 9.17) is 0 Å². The van der Waals surface area contributed by atoms with Crippen molar-refractivity contribution < 1.29 is 5.11 Å². The topological polar surface area (TPSA) is 20.2 Å². The van der Waals surface area contributed by atoms with Crippen molar-refractivity contribution in [3.8, 4) is 0 Å². The van der Waals surface area contributed by atoms with E-state index in [1.165, 1.54) is 44.9 Å². The molecule has 1 heteroatoms. The fourth-order valence-corrected chi connectivity index (χ4v) is 3.37. The SMILES string of the molecule is CCCCCCC1(O)CCCCC1C(C)C. The average molecular weight is 226 g/mol. The molecule has 2 unspecified atom stereocenters. The lowest BCUT2D eigenvalue weighted by atomic mass is 9.68. The predicted molar refractivity (Wildman–Crippen MR) is 70.5 cm³/mol. The zero-order valence-electron chi connectivity index (χ0n) is 11.5. The lowest BCUT2D eigenvalue weighted by Gasteiger charge is -2.42. The smallest absolute Gasteiger partial charge is 0.0678 e. The second kappa shape index (κ2) is 6.64. The van der Waals surface area contributed by atoms with Gasteiger partial charge in [0, 0.05) is 0 Å². The van der Waals surface area contributed by atoms with Crippen LogP contribution >= 0.6 is 0 Å². The molecule has 0 radical (unpaired) electrons. The number of unbranched alkanes of at least 4 members (excludes halogenated alkanes) is 3. The molecule has 1 N–H and O–H groups in total. The molecule has 1 fully saturated rings. The third kappa shape index (κ3) is 3.76. The van der Waals surface area contributed by atoms with E-state index in [-0.39, 0.29) is 5.60 Å². The monoisotopic (exact) mass is 226 g/mol. The van der Waals surface area contributed by atoms with E-state index in [2.05, 4.69) is 20.8 Å². The average Bonchev–Trinajstić information content (AvgIpc) is 2.25. The quantitative estimate of drug-likeness (QED) is 0.660. The molecular formula is C15H30O. The van der Waals surface area contributed by atoms with Gasteiger partial charge in [-0.15, -0.1) is 0 Å². The molecule has 0 spiro atoms. The molecular weight excluding hydrogens is 196 g/mol. The van der Waals surface area contributed by atoms with Crippen LogP contribution in [0, 0.1) is 11.8 Å². The van der Waals surface area contributed by atoms with Gasteiger partial charge in [-0.25, -0.2) is 0 Å². The highest BCUT2D eigenvalue weighted by Crippen LogP contribution is 2.41. The highest BCUT2D eigenvalue weighted by atomic mass is 16.3. The molecule has 1 aliphatic carbocycles. The normalized spacial score (nSPS) is 30.9. The molecule has 1 aliphatic rings. The Kier molecular flexibility index (Phi) is 5.82. The molecule has 16 heavy (non-hydrogen) atoms. The lowest BCUT2D eigenvalue weighted by Crippen LogP contribution is -2.43. The lowest BCUT2D eigenvalue weighted by molar-refractivity contribution is -0.0734. The van der Waals surface area contributed by atoms with Crippen molar-refractivity contribution in [1.29, 1.82) is 0 Å². The van der Waals surface area contributed by atoms with Crippen molar-refractivity contribution in [2.24, 2.45) is 11.8 Å². The summed E-state index contributed by atoms with van der Waals surface area (Å²) in [6.07, 6.45) is 11.0. The van der Waals surface area contributed by atoms with Crippen molar-refractivity contribution in [2.75, 3.05) is 0 Å². The summed E-state index contributed by atoms with van der Waals surface area (Å²) < 4.78 is 0. The molecule has 1 rings (SSSR count). The molecule has 1 saturated carbocycles. The minimum absolute atomic E-state index is 0.333. The van der Waals surface area contributed by atoms with Crippen LogP contribution in [0.3, 0.4) is 0 Å². The van der Waals surface area contributed by atoms with Gasteiger partial charge in [-0.3, -0.25) is 0 Å². The highest BCUT2D eigenvalue weighted by Gasteiger charge is 2.39. The van der Waals surface area contributed by atoms with Gasteiger partial charge in [0.25, 0.3) is 0 Å². The van der Waals surface area contributed by atoms with Crippen LogP contribution < -0.4 is 0 Å². The summed E-state index contributed by atoms with van der Waals surface area (Å²) in [5, 5.41) is 10.8. The first-order valence-corrected chi connectivity index (χ1v) is 7.32. The standard InChI is InChI=1S/C15H30O/c1-4-5-6-8-11-15(16)12-9-7-10-14(15)13(2)3/h13-14,16H,4-12H2,1-3H3. The minimum Gasteiger partial charge on any atom is -0.390 e. The molecule has 0 aromatic rings. The third-order valence-corrected chi connectivity index (χ3v) is 4.33. The van der Waals surface area contributed by atoms with E-state index in [0.29, 0.717) is 11.8 Å². The van der Waals surface area contributed by atoms with Gasteiger partial charge in [-0.1, -0.05) is 59.3 Å². The molecule has 2 atom stereocenters. The summed E-state index contributed by atoms with van der Waals surface area (Å²) >= 11 is 0. The molecule has 0 aromatic carbocycles. The fourth-order valence-electron chi connectivity index (χ4n) is 3.37. The molecule has 0 aromatic heterocycles. The Morgan fingerprint density at radius 2 is 1.94 bits per heavy atom. The highest BCUT2D eigenvalue weighted by molar-refractivity contribution is 4.91. The van der Waals surface area contributed by atoms with Gasteiger partial charge in [0.1, 0.15) is 0 Å². The van der Waals surface area contributed by atoms with Crippen LogP contribution in [0.25, 0.3) is 0 Å². The van der Waals surface area contributed by atoms with Crippen LogP contribution in [0.2, 0.25) is 0 Å². The fraction of sp³-hybridized carbons (Fsp3) is 1.00. The summed E-state index contributed by atoms with van der Waals surface area (Å²) in [4.78, 5) is 0. The molecule has 1 nitrogen and oxygen atoms in total. The molecule has 0 saturated heterocycles. The Morgan fingerprint density at radius 3 is 2.56 bits per heavy atom. The first kappa shape index (κ1) is 14.0. The Morgan fingerprint density at radius 1 is 1.19 bits per heavy atom. The third-order valence-electron chi connectivity index (χ3n) is 4.33. The van der Waals surface area contributed by atoms with Crippen molar-refractivity contribution in [3.63, 3.8) is 0 Å². The zero-order chi connectivity index (χ0) is 12.0. The maximum atomic E-state index is 10.8. The molecule has 0 heterocycles. The largest absolute Gasteiger partial charge is 0.390 e. The summed E-state index contributed by atoms with van der Waals surface area (Å²) in [5.41, 5.74) is -0.333. The predicted octanol–water partition coefficient (Wildman–Crippen LogP) is 4.53. The van der Waals surface area contributed by atoms with Gasteiger partial charge < -0.3 is 5.11 Å². The maximum absolute atomic E-state index is 10.8. The van der Waals surface area contributed by atoms with Gasteiger partial charge in [-0.2, -0.15) is 0 Å². The van der Waals surface area contributed by atoms with Gasteiger partial charge in [0.05, 0.1) is 5.60 Å². The first-order valence-electron chi connectivity index (χ1n) is 7.32. The summed E-state index contributed by atoms with van der Waals surface area (Å²) in [6, 6.07) is 0. The van der Waals surface area contributed by atoms with Gasteiger partial charge in [0.2, 0.25) is 0 Å². The van der Waals surface area contributed by atoms with Crippen LogP contribution in [0.1, 0.15) is 78.6 Å². The first-order chi connectivity index (χ1) is 7.60. The number of hydrogen-bond acceptors (Lipinski definition) is 1. The summed E-state index contributed by atoms with van der Waals surface area (Å²) in [7, 11) is 0. The van der Waals surface area contributed by atoms with E-state index in [1.807, 2.05) is 0 Å². The number of aliphatic hydroxyl groups is 1. The van der Waals surface area contributed by atoms with Crippen molar-refractivity contribution in [3.05, 3.63) is 0 Å². The Hall–Kier alpha value is -0.0400. The van der Waals surface area contributed by atoms with E-state index in [1.54, 1.807) is 0 Å². The second-order valence-electron chi connectivity index (χ2n) is 6.01. The minimum atomic E-state index is -0.333. The number of rotatable bonds is 6. The van der Waals surface area contributed by atoms with Crippen LogP contribution in [0.4, 0.5) is 0 Å². The molecule has 0 amide bonds. The van der Waals surface area contributed by atoms with E-state index in [0.717, 1.165) is 12.8 Å². The van der Waals surface area contributed by atoms with Crippen LogP contribution in [0.5, 0.6) is 0 Å². The summed E-state index contributed by atoms with van der Waals surface area (Å²) in [6.45, 7) is 6.78. The zero-order valence-corrected chi connectivity index (χ0v) is 11.5. The van der Waals surface area contributed by atoms with E-state index in [9.17, 15) is 5.11 Å². The van der Waals surface area contributed by atoms with Crippen LogP contribution in [-0.4, -0.2) is 10.7 Å². The second-order valence-corrected chi connectivity index (χ2v) is 6.01. The van der Waals surface area contributed by atoms with Crippen LogP contribution in [0.15, 0.2) is 0 Å². The molecule has 96 valence electrons. The van der Waals surface area contributed by atoms with Crippen molar-refractivity contribution in [1.82, 2.24) is 0 Å². The molecule has 0 bridgehead atoms. The van der Waals surface area contributed by atoms with E-state index >= 15 is 0 Å². The van der Waals surface area contributed by atoms with Gasteiger partial charge >= 0.3 is 0 Å². The Labute approximate surface area is 102 Å². The maximum Gasteiger partial charge on any atom is 0.0678 e. The van der Waals surface area contributed by atoms with Crippen molar-refractivity contribution >= 4 is 0 Å². The van der Waals surface area contributed by atoms with Crippen molar-refractivity contribution in [2.45, 2.75) is 84.2 Å².